The Labute approximate surface area is 115 Å². The van der Waals surface area contributed by atoms with E-state index in [1.54, 1.807) is 0 Å². The van der Waals surface area contributed by atoms with Crippen LogP contribution in [0, 0.1) is 17.8 Å². The lowest BCUT2D eigenvalue weighted by atomic mass is 9.87. The Balaban J connectivity index is 2.15. The molecule has 0 aromatic heterocycles. The minimum absolute atomic E-state index is 0.0561. The number of carbonyl (C=O) groups is 2. The zero-order chi connectivity index (χ0) is 14.3. The first-order chi connectivity index (χ1) is 9.10. The lowest BCUT2D eigenvalue weighted by molar-refractivity contribution is -0.140. The van der Waals surface area contributed by atoms with E-state index in [1.807, 2.05) is 0 Å². The number of methoxy groups -OCH3 is 1. The van der Waals surface area contributed by atoms with Crippen LogP contribution in [0.15, 0.2) is 0 Å². The summed E-state index contributed by atoms with van der Waals surface area (Å²) in [5.41, 5.74) is 0. The summed E-state index contributed by atoms with van der Waals surface area (Å²) in [5.74, 6) is 0.700. The van der Waals surface area contributed by atoms with Crippen molar-refractivity contribution in [3.63, 3.8) is 0 Å². The second-order valence-corrected chi connectivity index (χ2v) is 5.63. The number of carbonyl (C=O) groups excluding carboxylic acids is 2. The first-order valence-corrected chi connectivity index (χ1v) is 7.30. The third-order valence-electron chi connectivity index (χ3n) is 4.27. The number of rotatable bonds is 8. The van der Waals surface area contributed by atoms with E-state index in [-0.39, 0.29) is 24.4 Å². The largest absolute Gasteiger partial charge is 0.469 e. The SMILES string of the molecule is COC(=O)CCCCCCC1C(=O)CC(C)C1CO. The van der Waals surface area contributed by atoms with E-state index in [0.717, 1.165) is 32.1 Å². The van der Waals surface area contributed by atoms with Crippen molar-refractivity contribution in [2.24, 2.45) is 17.8 Å². The summed E-state index contributed by atoms with van der Waals surface area (Å²) in [6, 6.07) is 0. The second-order valence-electron chi connectivity index (χ2n) is 5.63. The van der Waals surface area contributed by atoms with Gasteiger partial charge < -0.3 is 9.84 Å². The number of Topliss-reactive ketones (excluding diaryl/α,β-unsaturated/α-hetero) is 1. The van der Waals surface area contributed by atoms with Crippen LogP contribution in [0.4, 0.5) is 0 Å². The molecule has 1 aliphatic rings. The molecule has 0 amide bonds. The fourth-order valence-corrected chi connectivity index (χ4v) is 3.03. The number of esters is 1. The molecule has 4 nitrogen and oxygen atoms in total. The van der Waals surface area contributed by atoms with Crippen molar-refractivity contribution in [3.05, 3.63) is 0 Å². The van der Waals surface area contributed by atoms with Gasteiger partial charge in [0.05, 0.1) is 7.11 Å². The summed E-state index contributed by atoms with van der Waals surface area (Å²) in [6.07, 6.45) is 5.87. The van der Waals surface area contributed by atoms with Gasteiger partial charge in [-0.25, -0.2) is 0 Å². The molecule has 1 aliphatic carbocycles. The quantitative estimate of drug-likeness (QED) is 0.543. The highest BCUT2D eigenvalue weighted by Gasteiger charge is 2.38. The first kappa shape index (κ1) is 16.2. The molecule has 19 heavy (non-hydrogen) atoms. The van der Waals surface area contributed by atoms with Crippen LogP contribution in [0.3, 0.4) is 0 Å². The van der Waals surface area contributed by atoms with Crippen LogP contribution in [0.2, 0.25) is 0 Å². The standard InChI is InChI=1S/C15H26O4/c1-11-9-14(17)12(13(11)10-16)7-5-3-4-6-8-15(18)19-2/h11-13,16H,3-10H2,1-2H3. The minimum Gasteiger partial charge on any atom is -0.469 e. The van der Waals surface area contributed by atoms with Crippen molar-refractivity contribution < 1.29 is 19.4 Å². The van der Waals surface area contributed by atoms with Crippen molar-refractivity contribution in [2.75, 3.05) is 13.7 Å². The molecule has 0 aliphatic heterocycles. The summed E-state index contributed by atoms with van der Waals surface area (Å²) in [5, 5.41) is 9.35. The molecule has 0 saturated heterocycles. The van der Waals surface area contributed by atoms with Gasteiger partial charge in [-0.15, -0.1) is 0 Å². The van der Waals surface area contributed by atoms with Crippen LogP contribution in [0.25, 0.3) is 0 Å². The number of aliphatic hydroxyl groups is 1. The molecule has 1 N–H and O–H groups in total. The Hall–Kier alpha value is -0.900. The van der Waals surface area contributed by atoms with Gasteiger partial charge in [-0.2, -0.15) is 0 Å². The monoisotopic (exact) mass is 270 g/mol. The molecule has 3 unspecified atom stereocenters. The normalized spacial score (nSPS) is 26.7. The lowest BCUT2D eigenvalue weighted by Gasteiger charge is -2.18. The van der Waals surface area contributed by atoms with Crippen LogP contribution in [-0.4, -0.2) is 30.6 Å². The predicted octanol–water partition coefficient (Wildman–Crippen LogP) is 2.33. The summed E-state index contributed by atoms with van der Waals surface area (Å²) >= 11 is 0. The molecule has 0 spiro atoms. The molecular weight excluding hydrogens is 244 g/mol. The molecule has 0 bridgehead atoms. The maximum Gasteiger partial charge on any atom is 0.305 e. The Kier molecular flexibility index (Phi) is 7.06. The van der Waals surface area contributed by atoms with Crippen molar-refractivity contribution in [1.29, 1.82) is 0 Å². The zero-order valence-corrected chi connectivity index (χ0v) is 12.1. The first-order valence-electron chi connectivity index (χ1n) is 7.30. The van der Waals surface area contributed by atoms with Crippen molar-refractivity contribution >= 4 is 11.8 Å². The molecule has 0 aromatic rings. The summed E-state index contributed by atoms with van der Waals surface area (Å²) < 4.78 is 4.58. The van der Waals surface area contributed by atoms with E-state index in [2.05, 4.69) is 11.7 Å². The Bertz CT molecular complexity index is 301. The lowest BCUT2D eigenvalue weighted by Crippen LogP contribution is -2.20. The summed E-state index contributed by atoms with van der Waals surface area (Å²) in [7, 11) is 1.41. The van der Waals surface area contributed by atoms with Gasteiger partial charge in [-0.1, -0.05) is 26.2 Å². The van der Waals surface area contributed by atoms with E-state index in [4.69, 9.17) is 0 Å². The van der Waals surface area contributed by atoms with Crippen LogP contribution in [-0.2, 0) is 14.3 Å². The third kappa shape index (κ3) is 4.94. The van der Waals surface area contributed by atoms with Crippen LogP contribution < -0.4 is 0 Å². The van der Waals surface area contributed by atoms with Crippen LogP contribution >= 0.6 is 0 Å². The molecule has 110 valence electrons. The van der Waals surface area contributed by atoms with E-state index >= 15 is 0 Å². The van der Waals surface area contributed by atoms with Gasteiger partial charge >= 0.3 is 5.97 Å². The van der Waals surface area contributed by atoms with Gasteiger partial charge in [-0.05, 0) is 24.7 Å². The second kappa shape index (κ2) is 8.31. The van der Waals surface area contributed by atoms with Crippen LogP contribution in [0.5, 0.6) is 0 Å². The van der Waals surface area contributed by atoms with Crippen molar-refractivity contribution in [1.82, 2.24) is 0 Å². The Morgan fingerprint density at radius 1 is 1.32 bits per heavy atom. The number of unbranched alkanes of at least 4 members (excludes halogenated alkanes) is 3. The Morgan fingerprint density at radius 2 is 2.00 bits per heavy atom. The topological polar surface area (TPSA) is 63.6 Å². The molecule has 4 heteroatoms. The number of hydrogen-bond acceptors (Lipinski definition) is 4. The van der Waals surface area contributed by atoms with Gasteiger partial charge in [-0.3, -0.25) is 9.59 Å². The number of ether oxygens (including phenoxy) is 1. The number of hydrogen-bond donors (Lipinski definition) is 1. The molecule has 3 atom stereocenters. The van der Waals surface area contributed by atoms with Gasteiger partial charge in [0.15, 0.2) is 0 Å². The van der Waals surface area contributed by atoms with Crippen molar-refractivity contribution in [2.45, 2.75) is 51.9 Å². The molecule has 0 aromatic carbocycles. The fraction of sp³-hybridized carbons (Fsp3) is 0.867. The molecule has 1 fully saturated rings. The van der Waals surface area contributed by atoms with E-state index < -0.39 is 0 Å². The highest BCUT2D eigenvalue weighted by Crippen LogP contribution is 2.36. The van der Waals surface area contributed by atoms with Gasteiger partial charge in [0, 0.05) is 25.4 Å². The van der Waals surface area contributed by atoms with Crippen LogP contribution in [0.1, 0.15) is 51.9 Å². The maximum absolute atomic E-state index is 11.8. The average molecular weight is 270 g/mol. The van der Waals surface area contributed by atoms with E-state index in [1.165, 1.54) is 7.11 Å². The summed E-state index contributed by atoms with van der Waals surface area (Å²) in [4.78, 5) is 22.7. The highest BCUT2D eigenvalue weighted by atomic mass is 16.5. The molecule has 0 radical (unpaired) electrons. The molecule has 1 saturated carbocycles. The smallest absolute Gasteiger partial charge is 0.305 e. The van der Waals surface area contributed by atoms with E-state index in [9.17, 15) is 14.7 Å². The molecule has 0 heterocycles. The molecular formula is C15H26O4. The van der Waals surface area contributed by atoms with Gasteiger partial charge in [0.25, 0.3) is 0 Å². The maximum atomic E-state index is 11.8. The third-order valence-corrected chi connectivity index (χ3v) is 4.27. The van der Waals surface area contributed by atoms with Gasteiger partial charge in [0.2, 0.25) is 0 Å². The van der Waals surface area contributed by atoms with E-state index in [0.29, 0.717) is 24.5 Å². The predicted molar refractivity (Wildman–Crippen MR) is 72.6 cm³/mol. The molecule has 1 rings (SSSR count). The van der Waals surface area contributed by atoms with Crippen molar-refractivity contribution in [3.8, 4) is 0 Å². The zero-order valence-electron chi connectivity index (χ0n) is 12.1. The number of ketones is 1. The fourth-order valence-electron chi connectivity index (χ4n) is 3.03. The number of aliphatic hydroxyl groups excluding tert-OH is 1. The highest BCUT2D eigenvalue weighted by molar-refractivity contribution is 5.83. The summed E-state index contributed by atoms with van der Waals surface area (Å²) in [6.45, 7) is 2.18. The van der Waals surface area contributed by atoms with Gasteiger partial charge in [0.1, 0.15) is 5.78 Å². The Morgan fingerprint density at radius 3 is 2.63 bits per heavy atom. The average Bonchev–Trinajstić information content (AvgIpc) is 2.67. The minimum atomic E-state index is -0.153.